The van der Waals surface area contributed by atoms with E-state index in [9.17, 15) is 0 Å². The number of hydrogen-bond acceptors (Lipinski definition) is 2. The Morgan fingerprint density at radius 1 is 1.43 bits per heavy atom. The van der Waals surface area contributed by atoms with E-state index in [1.54, 1.807) is 0 Å². The van der Waals surface area contributed by atoms with Crippen molar-refractivity contribution in [3.05, 3.63) is 0 Å². The zero-order chi connectivity index (χ0) is 10.4. The summed E-state index contributed by atoms with van der Waals surface area (Å²) in [6, 6.07) is 0. The summed E-state index contributed by atoms with van der Waals surface area (Å²) in [5.74, 6) is 2.22. The second-order valence-electron chi connectivity index (χ2n) is 4.20. The Labute approximate surface area is 101 Å². The van der Waals surface area contributed by atoms with E-state index in [2.05, 4.69) is 34.0 Å². The summed E-state index contributed by atoms with van der Waals surface area (Å²) in [6.07, 6.45) is 6.31. The first-order valence-corrected chi connectivity index (χ1v) is 7.90. The van der Waals surface area contributed by atoms with Crippen LogP contribution < -0.4 is 0 Å². The SMILES string of the molecule is CSCCCN1CCC(C(C)Br)CC1. The molecule has 0 N–H and O–H groups in total. The van der Waals surface area contributed by atoms with E-state index in [0.29, 0.717) is 4.83 Å². The van der Waals surface area contributed by atoms with Crippen LogP contribution in [-0.4, -0.2) is 41.4 Å². The summed E-state index contributed by atoms with van der Waals surface area (Å²) >= 11 is 5.66. The standard InChI is InChI=1S/C11H22BrNS/c1-10(12)11-4-7-13(8-5-11)6-3-9-14-2/h10-11H,3-9H2,1-2H3. The van der Waals surface area contributed by atoms with Crippen molar-refractivity contribution >= 4 is 27.7 Å². The summed E-state index contributed by atoms with van der Waals surface area (Å²) in [6.45, 7) is 6.22. The molecule has 0 amide bonds. The molecule has 0 bridgehead atoms. The Hall–Kier alpha value is 0.790. The van der Waals surface area contributed by atoms with Crippen molar-refractivity contribution in [1.29, 1.82) is 0 Å². The van der Waals surface area contributed by atoms with Crippen molar-refractivity contribution in [3.8, 4) is 0 Å². The van der Waals surface area contributed by atoms with Crippen molar-refractivity contribution in [1.82, 2.24) is 4.90 Å². The Morgan fingerprint density at radius 3 is 2.57 bits per heavy atom. The average molecular weight is 280 g/mol. The minimum atomic E-state index is 0.704. The van der Waals surface area contributed by atoms with Gasteiger partial charge in [-0.2, -0.15) is 11.8 Å². The van der Waals surface area contributed by atoms with Crippen LogP contribution in [0.25, 0.3) is 0 Å². The van der Waals surface area contributed by atoms with Gasteiger partial charge in [0.2, 0.25) is 0 Å². The lowest BCUT2D eigenvalue weighted by atomic mass is 9.94. The highest BCUT2D eigenvalue weighted by Gasteiger charge is 2.21. The van der Waals surface area contributed by atoms with Gasteiger partial charge in [0.1, 0.15) is 0 Å². The summed E-state index contributed by atoms with van der Waals surface area (Å²) in [5.41, 5.74) is 0. The molecule has 3 heteroatoms. The molecule has 0 aromatic carbocycles. The van der Waals surface area contributed by atoms with E-state index in [0.717, 1.165) is 5.92 Å². The lowest BCUT2D eigenvalue weighted by molar-refractivity contribution is 0.186. The summed E-state index contributed by atoms with van der Waals surface area (Å²) in [7, 11) is 0. The zero-order valence-corrected chi connectivity index (χ0v) is 11.7. The Bertz CT molecular complexity index is 144. The molecule has 1 atom stereocenters. The van der Waals surface area contributed by atoms with Gasteiger partial charge in [0, 0.05) is 4.83 Å². The first-order valence-electron chi connectivity index (χ1n) is 5.59. The summed E-state index contributed by atoms with van der Waals surface area (Å²) in [4.78, 5) is 3.33. The van der Waals surface area contributed by atoms with Gasteiger partial charge in [0.05, 0.1) is 0 Å². The predicted octanol–water partition coefficient (Wildman–Crippen LogP) is 3.23. The average Bonchev–Trinajstić information content (AvgIpc) is 2.19. The molecule has 1 nitrogen and oxygen atoms in total. The first kappa shape index (κ1) is 12.9. The van der Waals surface area contributed by atoms with E-state index in [1.807, 2.05) is 11.8 Å². The molecule has 84 valence electrons. The molecule has 1 saturated heterocycles. The van der Waals surface area contributed by atoms with Gasteiger partial charge in [-0.15, -0.1) is 0 Å². The van der Waals surface area contributed by atoms with E-state index in [-0.39, 0.29) is 0 Å². The van der Waals surface area contributed by atoms with Gasteiger partial charge in [0.15, 0.2) is 0 Å². The van der Waals surface area contributed by atoms with Gasteiger partial charge in [-0.3, -0.25) is 0 Å². The lowest BCUT2D eigenvalue weighted by Crippen LogP contribution is -2.36. The number of halogens is 1. The van der Waals surface area contributed by atoms with Gasteiger partial charge >= 0.3 is 0 Å². The molecule has 0 saturated carbocycles. The predicted molar refractivity (Wildman–Crippen MR) is 70.6 cm³/mol. The smallest absolute Gasteiger partial charge is 0.0146 e. The monoisotopic (exact) mass is 279 g/mol. The third-order valence-corrected chi connectivity index (χ3v) is 4.55. The Balaban J connectivity index is 2.09. The van der Waals surface area contributed by atoms with Gasteiger partial charge in [-0.25, -0.2) is 0 Å². The van der Waals surface area contributed by atoms with E-state index in [1.165, 1.54) is 44.6 Å². The summed E-state index contributed by atoms with van der Waals surface area (Å²) in [5, 5.41) is 0. The lowest BCUT2D eigenvalue weighted by Gasteiger charge is -2.33. The number of piperidine rings is 1. The van der Waals surface area contributed by atoms with Gasteiger partial charge in [-0.05, 0) is 56.8 Å². The maximum absolute atomic E-state index is 3.70. The minimum Gasteiger partial charge on any atom is -0.303 e. The molecule has 0 aromatic rings. The normalized spacial score (nSPS) is 22.5. The molecule has 0 aromatic heterocycles. The second kappa shape index (κ2) is 7.13. The third-order valence-electron chi connectivity index (χ3n) is 3.10. The number of thioether (sulfide) groups is 1. The maximum atomic E-state index is 3.70. The van der Waals surface area contributed by atoms with Crippen LogP contribution in [0.1, 0.15) is 26.2 Å². The van der Waals surface area contributed by atoms with Crippen LogP contribution in [0, 0.1) is 5.92 Å². The molecule has 1 fully saturated rings. The first-order chi connectivity index (χ1) is 6.74. The number of rotatable bonds is 5. The zero-order valence-electron chi connectivity index (χ0n) is 9.34. The van der Waals surface area contributed by atoms with Crippen molar-refractivity contribution in [3.63, 3.8) is 0 Å². The van der Waals surface area contributed by atoms with Crippen molar-refractivity contribution in [2.75, 3.05) is 31.6 Å². The highest BCUT2D eigenvalue weighted by Crippen LogP contribution is 2.24. The molecule has 1 unspecified atom stereocenters. The fraction of sp³-hybridized carbons (Fsp3) is 1.00. The van der Waals surface area contributed by atoms with E-state index >= 15 is 0 Å². The van der Waals surface area contributed by atoms with Gasteiger partial charge in [0.25, 0.3) is 0 Å². The molecule has 14 heavy (non-hydrogen) atoms. The molecule has 0 aliphatic carbocycles. The molecular weight excluding hydrogens is 258 g/mol. The Kier molecular flexibility index (Phi) is 6.55. The van der Waals surface area contributed by atoms with Gasteiger partial charge < -0.3 is 4.90 Å². The van der Waals surface area contributed by atoms with Crippen molar-refractivity contribution in [2.45, 2.75) is 31.0 Å². The largest absolute Gasteiger partial charge is 0.303 e. The second-order valence-corrected chi connectivity index (χ2v) is 6.63. The van der Waals surface area contributed by atoms with Crippen LogP contribution >= 0.6 is 27.7 Å². The Morgan fingerprint density at radius 2 is 2.07 bits per heavy atom. The number of hydrogen-bond donors (Lipinski definition) is 0. The molecule has 0 spiro atoms. The molecule has 1 heterocycles. The molecule has 1 aliphatic heterocycles. The number of alkyl halides is 1. The van der Waals surface area contributed by atoms with Gasteiger partial charge in [-0.1, -0.05) is 22.9 Å². The molecule has 0 radical (unpaired) electrons. The topological polar surface area (TPSA) is 3.24 Å². The summed E-state index contributed by atoms with van der Waals surface area (Å²) < 4.78 is 0. The van der Waals surface area contributed by atoms with Crippen LogP contribution in [0.5, 0.6) is 0 Å². The van der Waals surface area contributed by atoms with E-state index in [4.69, 9.17) is 0 Å². The van der Waals surface area contributed by atoms with Crippen LogP contribution in [0.15, 0.2) is 0 Å². The van der Waals surface area contributed by atoms with Crippen LogP contribution in [0.3, 0.4) is 0 Å². The van der Waals surface area contributed by atoms with Crippen LogP contribution in [0.2, 0.25) is 0 Å². The van der Waals surface area contributed by atoms with E-state index < -0.39 is 0 Å². The molecule has 1 aliphatic rings. The fourth-order valence-corrected chi connectivity index (χ4v) is 3.01. The quantitative estimate of drug-likeness (QED) is 0.562. The van der Waals surface area contributed by atoms with Crippen molar-refractivity contribution < 1.29 is 0 Å². The molecule has 1 rings (SSSR count). The van der Waals surface area contributed by atoms with Crippen LogP contribution in [0.4, 0.5) is 0 Å². The van der Waals surface area contributed by atoms with Crippen molar-refractivity contribution in [2.24, 2.45) is 5.92 Å². The number of likely N-dealkylation sites (tertiary alicyclic amines) is 1. The third kappa shape index (κ3) is 4.54. The van der Waals surface area contributed by atoms with Crippen LogP contribution in [-0.2, 0) is 0 Å². The maximum Gasteiger partial charge on any atom is 0.0146 e. The number of nitrogens with zero attached hydrogens (tertiary/aromatic N) is 1. The highest BCUT2D eigenvalue weighted by molar-refractivity contribution is 9.09. The fourth-order valence-electron chi connectivity index (χ4n) is 2.07. The minimum absolute atomic E-state index is 0.704. The highest BCUT2D eigenvalue weighted by atomic mass is 79.9. The molecular formula is C11H22BrNS.